The molecule has 0 aliphatic heterocycles. The van der Waals surface area contributed by atoms with Gasteiger partial charge in [0.15, 0.2) is 0 Å². The molecule has 24 heavy (non-hydrogen) atoms. The number of carbonyl (C=O) groups is 1. The Bertz CT molecular complexity index is 878. The van der Waals surface area contributed by atoms with E-state index in [-0.39, 0.29) is 5.97 Å². The van der Waals surface area contributed by atoms with Gasteiger partial charge in [-0.2, -0.15) is 0 Å². The number of hydrogen-bond donors (Lipinski definition) is 1. The molecule has 122 valence electrons. The largest absolute Gasteiger partial charge is 0.496 e. The van der Waals surface area contributed by atoms with Crippen molar-refractivity contribution in [2.45, 2.75) is 6.92 Å². The van der Waals surface area contributed by atoms with Gasteiger partial charge in [0.1, 0.15) is 5.75 Å². The van der Waals surface area contributed by atoms with Gasteiger partial charge in [-0.3, -0.25) is 0 Å². The summed E-state index contributed by atoms with van der Waals surface area (Å²) in [5.74, 6) is 0.340. The number of aromatic nitrogens is 1. The summed E-state index contributed by atoms with van der Waals surface area (Å²) in [6.45, 7) is 2.13. The van der Waals surface area contributed by atoms with Crippen molar-refractivity contribution < 1.29 is 14.3 Å². The summed E-state index contributed by atoms with van der Waals surface area (Å²) >= 11 is 0. The van der Waals surface area contributed by atoms with E-state index < -0.39 is 0 Å². The van der Waals surface area contributed by atoms with Crippen LogP contribution in [0, 0.1) is 0 Å². The summed E-state index contributed by atoms with van der Waals surface area (Å²) in [6.07, 6.45) is 3.41. The Kier molecular flexibility index (Phi) is 4.66. The highest BCUT2D eigenvalue weighted by atomic mass is 16.5. The number of esters is 1. The van der Waals surface area contributed by atoms with Gasteiger partial charge in [-0.15, -0.1) is 0 Å². The van der Waals surface area contributed by atoms with Crippen molar-refractivity contribution in [3.05, 3.63) is 71.9 Å². The first-order valence-corrected chi connectivity index (χ1v) is 7.83. The Morgan fingerprint density at radius 3 is 2.62 bits per heavy atom. The number of carbonyl (C=O) groups excluding carboxylic acids is 1. The minimum absolute atomic E-state index is 0.336. The predicted molar refractivity (Wildman–Crippen MR) is 95.0 cm³/mol. The molecular weight excluding hydrogens is 302 g/mol. The minimum atomic E-state index is -0.369. The number of methoxy groups -OCH3 is 1. The van der Waals surface area contributed by atoms with Crippen LogP contribution in [0.15, 0.2) is 60.8 Å². The third-order valence-corrected chi connectivity index (χ3v) is 3.82. The van der Waals surface area contributed by atoms with Crippen molar-refractivity contribution in [2.75, 3.05) is 13.7 Å². The second-order valence-electron chi connectivity index (χ2n) is 5.26. The van der Waals surface area contributed by atoms with Crippen molar-refractivity contribution in [3.8, 4) is 5.75 Å². The zero-order valence-electron chi connectivity index (χ0n) is 13.7. The van der Waals surface area contributed by atoms with E-state index in [0.717, 1.165) is 27.6 Å². The Hall–Kier alpha value is -3.01. The molecule has 3 aromatic rings. The molecule has 0 amide bonds. The van der Waals surface area contributed by atoms with Crippen molar-refractivity contribution in [3.63, 3.8) is 0 Å². The molecule has 0 radical (unpaired) electrons. The highest BCUT2D eigenvalue weighted by Gasteiger charge is 2.17. The molecule has 0 unspecified atom stereocenters. The molecule has 0 saturated carbocycles. The molecule has 0 saturated heterocycles. The van der Waals surface area contributed by atoms with Gasteiger partial charge in [-0.25, -0.2) is 4.79 Å². The van der Waals surface area contributed by atoms with E-state index in [1.54, 1.807) is 14.0 Å². The fraction of sp³-hybridized carbons (Fsp3) is 0.150. The van der Waals surface area contributed by atoms with Crippen molar-refractivity contribution in [2.24, 2.45) is 0 Å². The number of aromatic amines is 1. The van der Waals surface area contributed by atoms with Crippen LogP contribution in [0.1, 0.15) is 18.1 Å². The Labute approximate surface area is 140 Å². The minimum Gasteiger partial charge on any atom is -0.496 e. The predicted octanol–water partition coefficient (Wildman–Crippen LogP) is 4.17. The number of ether oxygens (including phenoxy) is 2. The van der Waals surface area contributed by atoms with Gasteiger partial charge < -0.3 is 14.5 Å². The Balaban J connectivity index is 2.27. The first-order valence-electron chi connectivity index (χ1n) is 7.83. The van der Waals surface area contributed by atoms with E-state index in [2.05, 4.69) is 4.98 Å². The number of fused-ring (bicyclic) bond motifs is 1. The van der Waals surface area contributed by atoms with Gasteiger partial charge in [0, 0.05) is 34.3 Å². The summed E-state index contributed by atoms with van der Waals surface area (Å²) in [6, 6.07) is 15.6. The maximum Gasteiger partial charge on any atom is 0.331 e. The van der Waals surface area contributed by atoms with E-state index in [4.69, 9.17) is 9.47 Å². The SMILES string of the molecule is CCOC(=O)C=C(c1ccccc1)c1c(OC)ccc2[nH]ccc12. The standard InChI is InChI=1S/C20H19NO3/c1-3-24-19(22)13-16(14-7-5-4-6-8-14)20-15-11-12-21-17(15)9-10-18(20)23-2/h4-13,21H,3H2,1-2H3. The van der Waals surface area contributed by atoms with Crippen LogP contribution >= 0.6 is 0 Å². The lowest BCUT2D eigenvalue weighted by Crippen LogP contribution is -2.03. The molecule has 1 N–H and O–H groups in total. The number of nitrogens with one attached hydrogen (secondary N) is 1. The monoisotopic (exact) mass is 321 g/mol. The smallest absolute Gasteiger partial charge is 0.331 e. The van der Waals surface area contributed by atoms with Gasteiger partial charge >= 0.3 is 5.97 Å². The lowest BCUT2D eigenvalue weighted by atomic mass is 9.94. The van der Waals surface area contributed by atoms with Crippen molar-refractivity contribution >= 4 is 22.4 Å². The molecular formula is C20H19NO3. The maximum atomic E-state index is 12.1. The fourth-order valence-electron chi connectivity index (χ4n) is 2.78. The van der Waals surface area contributed by atoms with Crippen LogP contribution in [-0.4, -0.2) is 24.7 Å². The van der Waals surface area contributed by atoms with E-state index in [9.17, 15) is 4.79 Å². The Morgan fingerprint density at radius 1 is 1.12 bits per heavy atom. The molecule has 0 aliphatic rings. The van der Waals surface area contributed by atoms with E-state index in [1.807, 2.05) is 54.7 Å². The van der Waals surface area contributed by atoms with E-state index >= 15 is 0 Å². The molecule has 0 aliphatic carbocycles. The summed E-state index contributed by atoms with van der Waals surface area (Å²) in [7, 11) is 1.63. The zero-order chi connectivity index (χ0) is 16.9. The summed E-state index contributed by atoms with van der Waals surface area (Å²) in [4.78, 5) is 15.3. The second-order valence-corrected chi connectivity index (χ2v) is 5.26. The average Bonchev–Trinajstić information content (AvgIpc) is 3.08. The van der Waals surface area contributed by atoms with Gasteiger partial charge in [0.2, 0.25) is 0 Å². The molecule has 0 bridgehead atoms. The highest BCUT2D eigenvalue weighted by Crippen LogP contribution is 2.36. The van der Waals surface area contributed by atoms with Crippen LogP contribution in [0.4, 0.5) is 0 Å². The van der Waals surface area contributed by atoms with Gasteiger partial charge in [0.05, 0.1) is 13.7 Å². The van der Waals surface area contributed by atoms with Crippen LogP contribution in [0.3, 0.4) is 0 Å². The molecule has 4 nitrogen and oxygen atoms in total. The van der Waals surface area contributed by atoms with Gasteiger partial charge in [-0.1, -0.05) is 30.3 Å². The quantitative estimate of drug-likeness (QED) is 0.567. The molecule has 0 atom stereocenters. The van der Waals surface area contributed by atoms with Crippen LogP contribution in [-0.2, 0) is 9.53 Å². The maximum absolute atomic E-state index is 12.1. The molecule has 1 aromatic heterocycles. The third kappa shape index (κ3) is 3.04. The number of rotatable bonds is 5. The first kappa shape index (κ1) is 15.9. The number of H-pyrrole nitrogens is 1. The molecule has 2 aromatic carbocycles. The van der Waals surface area contributed by atoms with Gasteiger partial charge in [0.25, 0.3) is 0 Å². The summed E-state index contributed by atoms with van der Waals surface area (Å²) in [5.41, 5.74) is 3.56. The van der Waals surface area contributed by atoms with E-state index in [1.165, 1.54) is 6.08 Å². The fourth-order valence-corrected chi connectivity index (χ4v) is 2.78. The summed E-state index contributed by atoms with van der Waals surface area (Å²) in [5, 5.41) is 0.994. The molecule has 0 spiro atoms. The van der Waals surface area contributed by atoms with Crippen LogP contribution in [0.5, 0.6) is 5.75 Å². The topological polar surface area (TPSA) is 51.3 Å². The second kappa shape index (κ2) is 7.04. The molecule has 3 rings (SSSR count). The molecule has 1 heterocycles. The van der Waals surface area contributed by atoms with Crippen molar-refractivity contribution in [1.29, 1.82) is 0 Å². The van der Waals surface area contributed by atoms with Crippen LogP contribution < -0.4 is 4.74 Å². The third-order valence-electron chi connectivity index (χ3n) is 3.82. The number of hydrogen-bond acceptors (Lipinski definition) is 3. The first-order chi connectivity index (χ1) is 11.7. The normalized spacial score (nSPS) is 11.5. The Morgan fingerprint density at radius 2 is 1.92 bits per heavy atom. The van der Waals surface area contributed by atoms with Crippen molar-refractivity contribution in [1.82, 2.24) is 4.98 Å². The zero-order valence-corrected chi connectivity index (χ0v) is 13.7. The molecule has 0 fully saturated rings. The van der Waals surface area contributed by atoms with E-state index in [0.29, 0.717) is 12.4 Å². The average molecular weight is 321 g/mol. The highest BCUT2D eigenvalue weighted by molar-refractivity contribution is 6.04. The number of benzene rings is 2. The lowest BCUT2D eigenvalue weighted by Gasteiger charge is -2.14. The van der Waals surface area contributed by atoms with Crippen LogP contribution in [0.25, 0.3) is 16.5 Å². The summed E-state index contributed by atoms with van der Waals surface area (Å²) < 4.78 is 10.7. The van der Waals surface area contributed by atoms with Gasteiger partial charge in [-0.05, 0) is 30.7 Å². The molecule has 4 heteroatoms. The lowest BCUT2D eigenvalue weighted by molar-refractivity contribution is -0.137. The van der Waals surface area contributed by atoms with Crippen LogP contribution in [0.2, 0.25) is 0 Å².